The van der Waals surface area contributed by atoms with Crippen molar-refractivity contribution in [2.45, 2.75) is 57.0 Å². The van der Waals surface area contributed by atoms with Gasteiger partial charge in [-0.15, -0.1) is 13.2 Å². The van der Waals surface area contributed by atoms with Crippen molar-refractivity contribution in [2.75, 3.05) is 23.3 Å². The Morgan fingerprint density at radius 2 is 1.97 bits per heavy atom. The lowest BCUT2D eigenvalue weighted by Gasteiger charge is -2.46. The molecule has 0 bridgehead atoms. The zero-order chi connectivity index (χ0) is 21.6. The van der Waals surface area contributed by atoms with Gasteiger partial charge in [0.1, 0.15) is 36.2 Å². The van der Waals surface area contributed by atoms with E-state index in [1.807, 2.05) is 0 Å². The monoisotopic (exact) mass is 427 g/mol. The fraction of sp³-hybridized carbons (Fsp3) is 0.688. The Hall–Kier alpha value is -2.31. The third-order valence-corrected chi connectivity index (χ3v) is 5.05. The highest BCUT2D eigenvalue weighted by atomic mass is 19.4. The Morgan fingerprint density at radius 1 is 1.28 bits per heavy atom. The summed E-state index contributed by atoms with van der Waals surface area (Å²) < 4.78 is 79.6. The number of aromatic nitrogens is 2. The first kappa shape index (κ1) is 21.4. The topological polar surface area (TPSA) is 70.6 Å². The van der Waals surface area contributed by atoms with Crippen LogP contribution in [0.2, 0.25) is 0 Å². The van der Waals surface area contributed by atoms with Crippen molar-refractivity contribution in [1.82, 2.24) is 14.9 Å². The summed E-state index contributed by atoms with van der Waals surface area (Å²) in [6.45, 7) is 2.91. The number of ether oxygens (including phenoxy) is 1. The lowest BCUT2D eigenvalue weighted by molar-refractivity contribution is -0.359. The summed E-state index contributed by atoms with van der Waals surface area (Å²) in [6.07, 6.45) is -9.23. The average Bonchev–Trinajstić information content (AvgIpc) is 2.54. The van der Waals surface area contributed by atoms with Crippen molar-refractivity contribution in [3.8, 4) is 0 Å². The second-order valence-corrected chi connectivity index (χ2v) is 7.00. The van der Waals surface area contributed by atoms with Gasteiger partial charge in [0.25, 0.3) is 0 Å². The standard InChI is InChI=1S/C16H19F6N5O2/c1-8(14(28)27-6-10(9(27)2)29-16(20,21)22)25-12-5-13(24-7-23-12)26-4-3-11(26)15(17,18)19/h5,7-11H,3-4,6H2,1-2H3,(H,23,24,25)/t8-,9+,10+,11+/m1/s1. The van der Waals surface area contributed by atoms with E-state index in [4.69, 9.17) is 0 Å². The van der Waals surface area contributed by atoms with Crippen molar-refractivity contribution in [2.24, 2.45) is 0 Å². The Balaban J connectivity index is 1.59. The molecule has 13 heteroatoms. The zero-order valence-corrected chi connectivity index (χ0v) is 15.5. The Bertz CT molecular complexity index is 758. The first-order valence-corrected chi connectivity index (χ1v) is 8.84. The lowest BCUT2D eigenvalue weighted by Crippen LogP contribution is -2.64. The Morgan fingerprint density at radius 3 is 2.48 bits per heavy atom. The minimum Gasteiger partial charge on any atom is -0.358 e. The summed E-state index contributed by atoms with van der Waals surface area (Å²) in [6, 6.07) is -1.93. The van der Waals surface area contributed by atoms with E-state index in [1.165, 1.54) is 24.8 Å². The van der Waals surface area contributed by atoms with Crippen LogP contribution in [0, 0.1) is 0 Å². The highest BCUT2D eigenvalue weighted by Crippen LogP contribution is 2.36. The van der Waals surface area contributed by atoms with Crippen LogP contribution in [-0.2, 0) is 9.53 Å². The second-order valence-electron chi connectivity index (χ2n) is 7.00. The van der Waals surface area contributed by atoms with Crippen LogP contribution in [0.3, 0.4) is 0 Å². The number of carbonyl (C=O) groups is 1. The van der Waals surface area contributed by atoms with Crippen LogP contribution in [0.4, 0.5) is 38.0 Å². The number of carbonyl (C=O) groups excluding carboxylic acids is 1. The number of rotatable bonds is 5. The first-order valence-electron chi connectivity index (χ1n) is 8.84. The van der Waals surface area contributed by atoms with Gasteiger partial charge in [-0.05, 0) is 20.3 Å². The van der Waals surface area contributed by atoms with Gasteiger partial charge < -0.3 is 15.1 Å². The summed E-state index contributed by atoms with van der Waals surface area (Å²) in [4.78, 5) is 22.5. The van der Waals surface area contributed by atoms with Crippen LogP contribution in [0.1, 0.15) is 20.3 Å². The molecule has 0 unspecified atom stereocenters. The molecule has 2 aliphatic heterocycles. The third-order valence-electron chi connectivity index (χ3n) is 5.05. The van der Waals surface area contributed by atoms with Crippen molar-refractivity contribution >= 4 is 17.5 Å². The first-order chi connectivity index (χ1) is 13.4. The van der Waals surface area contributed by atoms with Crippen LogP contribution in [0.25, 0.3) is 0 Å². The molecule has 4 atom stereocenters. The van der Waals surface area contributed by atoms with E-state index >= 15 is 0 Å². The molecule has 1 N–H and O–H groups in total. The number of amides is 1. The predicted molar refractivity (Wildman–Crippen MR) is 89.0 cm³/mol. The number of likely N-dealkylation sites (tertiary alicyclic amines) is 1. The van der Waals surface area contributed by atoms with Gasteiger partial charge in [0, 0.05) is 19.2 Å². The van der Waals surface area contributed by atoms with Gasteiger partial charge in [0.15, 0.2) is 0 Å². The number of nitrogens with one attached hydrogen (secondary N) is 1. The molecule has 1 aromatic heterocycles. The molecule has 2 aliphatic rings. The Labute approximate surface area is 162 Å². The van der Waals surface area contributed by atoms with Gasteiger partial charge in [-0.1, -0.05) is 0 Å². The molecule has 0 aromatic carbocycles. The molecule has 1 amide bonds. The van der Waals surface area contributed by atoms with Gasteiger partial charge >= 0.3 is 12.5 Å². The second kappa shape index (κ2) is 7.50. The quantitative estimate of drug-likeness (QED) is 0.729. The predicted octanol–water partition coefficient (Wildman–Crippen LogP) is 2.55. The molecule has 3 rings (SSSR count). The van der Waals surface area contributed by atoms with Crippen molar-refractivity contribution in [3.63, 3.8) is 0 Å². The van der Waals surface area contributed by atoms with E-state index in [2.05, 4.69) is 20.0 Å². The molecule has 1 aromatic rings. The molecule has 0 spiro atoms. The summed E-state index contributed by atoms with van der Waals surface area (Å²) in [7, 11) is 0. The number of alkyl halides is 6. The van der Waals surface area contributed by atoms with Gasteiger partial charge in [0.05, 0.1) is 6.04 Å². The zero-order valence-electron chi connectivity index (χ0n) is 15.5. The SMILES string of the molecule is C[C@@H](Nc1cc(N2CC[C@H]2C(F)(F)F)ncn1)C(=O)N1C[C@H](OC(F)(F)F)[C@@H]1C. The van der Waals surface area contributed by atoms with Crippen LogP contribution in [0.15, 0.2) is 12.4 Å². The maximum Gasteiger partial charge on any atom is 0.522 e. The van der Waals surface area contributed by atoms with Crippen LogP contribution in [-0.4, -0.2) is 70.6 Å². The van der Waals surface area contributed by atoms with Gasteiger partial charge in [-0.2, -0.15) is 13.2 Å². The molecule has 3 heterocycles. The van der Waals surface area contributed by atoms with E-state index in [1.54, 1.807) is 0 Å². The molecule has 0 saturated carbocycles. The minimum absolute atomic E-state index is 0.0286. The van der Waals surface area contributed by atoms with E-state index in [-0.39, 0.29) is 31.1 Å². The molecule has 7 nitrogen and oxygen atoms in total. The minimum atomic E-state index is -4.78. The third kappa shape index (κ3) is 4.65. The molecular formula is C16H19F6N5O2. The van der Waals surface area contributed by atoms with Gasteiger partial charge in [-0.3, -0.25) is 9.53 Å². The summed E-state index contributed by atoms with van der Waals surface area (Å²) in [5, 5.41) is 2.76. The largest absolute Gasteiger partial charge is 0.522 e. The maximum absolute atomic E-state index is 12.9. The smallest absolute Gasteiger partial charge is 0.358 e. The summed E-state index contributed by atoms with van der Waals surface area (Å²) >= 11 is 0. The molecular weight excluding hydrogens is 408 g/mol. The number of nitrogens with zero attached hydrogens (tertiary/aromatic N) is 4. The van der Waals surface area contributed by atoms with Crippen LogP contribution < -0.4 is 10.2 Å². The van der Waals surface area contributed by atoms with E-state index in [0.717, 1.165) is 11.2 Å². The highest BCUT2D eigenvalue weighted by molar-refractivity contribution is 5.85. The number of hydrogen-bond acceptors (Lipinski definition) is 6. The number of halogens is 6. The highest BCUT2D eigenvalue weighted by Gasteiger charge is 2.49. The molecule has 2 fully saturated rings. The fourth-order valence-corrected chi connectivity index (χ4v) is 3.29. The maximum atomic E-state index is 12.9. The van der Waals surface area contributed by atoms with E-state index in [9.17, 15) is 31.1 Å². The molecule has 29 heavy (non-hydrogen) atoms. The number of hydrogen-bond donors (Lipinski definition) is 1. The molecule has 0 aliphatic carbocycles. The summed E-state index contributed by atoms with van der Waals surface area (Å²) in [5.74, 6) is -0.261. The molecule has 0 radical (unpaired) electrons. The summed E-state index contributed by atoms with van der Waals surface area (Å²) in [5.41, 5.74) is 0. The Kier molecular flexibility index (Phi) is 5.54. The average molecular weight is 427 g/mol. The molecule has 162 valence electrons. The van der Waals surface area contributed by atoms with Crippen molar-refractivity contribution in [3.05, 3.63) is 12.4 Å². The fourth-order valence-electron chi connectivity index (χ4n) is 3.29. The molecule has 2 saturated heterocycles. The number of anilines is 2. The van der Waals surface area contributed by atoms with E-state index < -0.39 is 42.7 Å². The van der Waals surface area contributed by atoms with Crippen LogP contribution >= 0.6 is 0 Å². The van der Waals surface area contributed by atoms with E-state index in [0.29, 0.717) is 0 Å². The van der Waals surface area contributed by atoms with Crippen molar-refractivity contribution < 1.29 is 35.9 Å². The van der Waals surface area contributed by atoms with Gasteiger partial charge in [-0.25, -0.2) is 9.97 Å². The van der Waals surface area contributed by atoms with Gasteiger partial charge in [0.2, 0.25) is 5.91 Å². The normalized spacial score (nSPS) is 25.9. The lowest BCUT2D eigenvalue weighted by atomic mass is 10.00. The van der Waals surface area contributed by atoms with Crippen molar-refractivity contribution in [1.29, 1.82) is 0 Å². The van der Waals surface area contributed by atoms with Crippen LogP contribution in [0.5, 0.6) is 0 Å².